The van der Waals surface area contributed by atoms with Crippen LogP contribution in [0.1, 0.15) is 141 Å². The summed E-state index contributed by atoms with van der Waals surface area (Å²) in [5, 5.41) is 42.3. The van der Waals surface area contributed by atoms with E-state index in [0.717, 1.165) is 70.3 Å². The van der Waals surface area contributed by atoms with Gasteiger partial charge in [0.2, 0.25) is 5.91 Å². The SMILES string of the molecule is CCCCCCCC#CCOc1ccc(C[C@H](NC(=O)[C@H](/C=C/CCCCCCC(=O)CCCCCCC)[C@@](O)(CC(=O)O)C(=O)O)C(=O)O)cc1. The van der Waals surface area contributed by atoms with Gasteiger partial charge in [-0.15, -0.1) is 0 Å². The topological polar surface area (TPSA) is 188 Å². The minimum atomic E-state index is -3.02. The molecule has 0 aliphatic heterocycles. The number of Topliss-reactive ketones (excluding diaryl/α,β-unsaturated/α-hetero) is 1. The zero-order chi connectivity index (χ0) is 38.6. The maximum absolute atomic E-state index is 13.4. The number of carbonyl (C=O) groups excluding carboxylic acids is 2. The first-order chi connectivity index (χ1) is 24.9. The second-order valence-corrected chi connectivity index (χ2v) is 13.4. The summed E-state index contributed by atoms with van der Waals surface area (Å²) in [5.41, 5.74) is -2.48. The number of unbranched alkanes of at least 4 members (excludes halogenated alkanes) is 13. The Morgan fingerprint density at radius 3 is 1.92 bits per heavy atom. The molecule has 1 aromatic carbocycles. The Kier molecular flexibility index (Phi) is 24.2. The van der Waals surface area contributed by atoms with Gasteiger partial charge in [-0.2, -0.15) is 0 Å². The van der Waals surface area contributed by atoms with E-state index in [0.29, 0.717) is 37.0 Å². The molecule has 0 bridgehead atoms. The normalized spacial score (nSPS) is 13.4. The summed E-state index contributed by atoms with van der Waals surface area (Å²) in [4.78, 5) is 61.2. The van der Waals surface area contributed by atoms with Gasteiger partial charge in [0.05, 0.1) is 12.3 Å². The van der Waals surface area contributed by atoms with E-state index < -0.39 is 47.8 Å². The highest BCUT2D eigenvalue weighted by Gasteiger charge is 2.49. The molecule has 0 unspecified atom stereocenters. The fourth-order valence-corrected chi connectivity index (χ4v) is 5.73. The predicted molar refractivity (Wildman–Crippen MR) is 200 cm³/mol. The summed E-state index contributed by atoms with van der Waals surface area (Å²) in [5.74, 6) is -1.10. The smallest absolute Gasteiger partial charge is 0.337 e. The molecule has 0 aliphatic rings. The number of hydrogen-bond donors (Lipinski definition) is 5. The number of aliphatic hydroxyl groups is 1. The number of carbonyl (C=O) groups is 5. The maximum Gasteiger partial charge on any atom is 0.337 e. The Bertz CT molecular complexity index is 1310. The molecule has 0 aliphatic carbocycles. The minimum Gasteiger partial charge on any atom is -0.481 e. The third kappa shape index (κ3) is 20.0. The molecule has 0 saturated carbocycles. The van der Waals surface area contributed by atoms with Crippen molar-refractivity contribution in [3.05, 3.63) is 42.0 Å². The Balaban J connectivity index is 2.78. The molecule has 0 heterocycles. The van der Waals surface area contributed by atoms with Gasteiger partial charge in [0.25, 0.3) is 0 Å². The lowest BCUT2D eigenvalue weighted by Crippen LogP contribution is -2.55. The molecule has 0 aromatic heterocycles. The number of rotatable bonds is 30. The fraction of sp³-hybridized carbons (Fsp3) is 0.634. The molecule has 11 heteroatoms. The monoisotopic (exact) mass is 727 g/mol. The van der Waals surface area contributed by atoms with Crippen LogP contribution in [0.5, 0.6) is 5.75 Å². The highest BCUT2D eigenvalue weighted by atomic mass is 16.5. The van der Waals surface area contributed by atoms with Crippen molar-refractivity contribution >= 4 is 29.6 Å². The van der Waals surface area contributed by atoms with Gasteiger partial charge in [-0.05, 0) is 49.8 Å². The highest BCUT2D eigenvalue weighted by Crippen LogP contribution is 2.26. The summed E-state index contributed by atoms with van der Waals surface area (Å²) in [6, 6.07) is 5.08. The number of benzene rings is 1. The van der Waals surface area contributed by atoms with Gasteiger partial charge in [0.1, 0.15) is 24.2 Å². The van der Waals surface area contributed by atoms with Crippen LogP contribution in [-0.2, 0) is 30.4 Å². The predicted octanol–water partition coefficient (Wildman–Crippen LogP) is 7.27. The zero-order valence-electron chi connectivity index (χ0n) is 31.2. The van der Waals surface area contributed by atoms with Gasteiger partial charge in [0.15, 0.2) is 5.60 Å². The van der Waals surface area contributed by atoms with Gasteiger partial charge >= 0.3 is 17.9 Å². The van der Waals surface area contributed by atoms with Crippen molar-refractivity contribution in [1.29, 1.82) is 0 Å². The molecule has 0 saturated heterocycles. The number of ketones is 1. The average molecular weight is 728 g/mol. The van der Waals surface area contributed by atoms with Crippen molar-refractivity contribution in [1.82, 2.24) is 5.32 Å². The van der Waals surface area contributed by atoms with Crippen LogP contribution >= 0.6 is 0 Å². The number of ether oxygens (including phenoxy) is 1. The van der Waals surface area contributed by atoms with E-state index in [9.17, 15) is 44.4 Å². The van der Waals surface area contributed by atoms with Crippen molar-refractivity contribution in [3.63, 3.8) is 0 Å². The minimum absolute atomic E-state index is 0.165. The van der Waals surface area contributed by atoms with E-state index in [4.69, 9.17) is 4.74 Å². The number of carboxylic acids is 3. The Morgan fingerprint density at radius 2 is 1.37 bits per heavy atom. The van der Waals surface area contributed by atoms with Crippen LogP contribution in [0.2, 0.25) is 0 Å². The van der Waals surface area contributed by atoms with Crippen molar-refractivity contribution in [2.45, 2.75) is 154 Å². The van der Waals surface area contributed by atoms with E-state index >= 15 is 0 Å². The molecule has 1 aromatic rings. The molecule has 11 nitrogen and oxygen atoms in total. The van der Waals surface area contributed by atoms with E-state index in [-0.39, 0.29) is 18.8 Å². The Labute approximate surface area is 309 Å². The number of hydrogen-bond acceptors (Lipinski definition) is 7. The van der Waals surface area contributed by atoms with Crippen molar-refractivity contribution < 1.29 is 49.1 Å². The zero-order valence-corrected chi connectivity index (χ0v) is 31.2. The van der Waals surface area contributed by atoms with E-state index in [1.165, 1.54) is 31.8 Å². The summed E-state index contributed by atoms with van der Waals surface area (Å²) in [7, 11) is 0. The van der Waals surface area contributed by atoms with Crippen LogP contribution in [0.25, 0.3) is 0 Å². The average Bonchev–Trinajstić information content (AvgIpc) is 3.10. The van der Waals surface area contributed by atoms with Crippen LogP contribution in [-0.4, -0.2) is 68.3 Å². The molecule has 3 atom stereocenters. The van der Waals surface area contributed by atoms with Crippen LogP contribution < -0.4 is 10.1 Å². The Hall–Kier alpha value is -4.17. The van der Waals surface area contributed by atoms with Gasteiger partial charge in [0, 0.05) is 25.7 Å². The van der Waals surface area contributed by atoms with Gasteiger partial charge in [-0.1, -0.05) is 114 Å². The molecule has 5 N–H and O–H groups in total. The Morgan fingerprint density at radius 1 is 0.788 bits per heavy atom. The third-order valence-electron chi connectivity index (χ3n) is 8.87. The molecular weight excluding hydrogens is 666 g/mol. The van der Waals surface area contributed by atoms with Crippen LogP contribution in [0.15, 0.2) is 36.4 Å². The van der Waals surface area contributed by atoms with Gasteiger partial charge in [-0.3, -0.25) is 14.4 Å². The maximum atomic E-state index is 13.4. The molecule has 0 fully saturated rings. The van der Waals surface area contributed by atoms with Gasteiger partial charge < -0.3 is 30.5 Å². The lowest BCUT2D eigenvalue weighted by atomic mass is 9.82. The number of aliphatic carboxylic acids is 3. The first-order valence-corrected chi connectivity index (χ1v) is 19.0. The number of amides is 1. The standard InChI is InChI=1S/C41H61NO10/c1-3-5-7-9-10-13-17-21-29-52-34-27-25-32(26-28-34)30-36(39(47)48)42-38(46)35(41(51,40(49)50)31-37(44)45)24-20-16-12-11-15-19-23-33(43)22-18-14-8-6-4-2/h20,24-28,35-36,51H,3-16,18-19,22-23,29-31H2,1-2H3,(H,42,46)(H,44,45)(H,47,48)(H,49,50)/b24-20+/t35-,36-,41-/m0/s1. The molecule has 0 spiro atoms. The number of allylic oxidation sites excluding steroid dienone is 1. The first-order valence-electron chi connectivity index (χ1n) is 19.0. The number of nitrogens with one attached hydrogen (secondary N) is 1. The summed E-state index contributed by atoms with van der Waals surface area (Å²) < 4.78 is 5.64. The van der Waals surface area contributed by atoms with Crippen LogP contribution in [0.3, 0.4) is 0 Å². The molecule has 290 valence electrons. The summed E-state index contributed by atoms with van der Waals surface area (Å²) in [6.45, 7) is 4.53. The summed E-state index contributed by atoms with van der Waals surface area (Å²) in [6.07, 6.45) is 17.9. The number of carboxylic acid groups (broad SMARTS) is 3. The van der Waals surface area contributed by atoms with Crippen molar-refractivity contribution in [3.8, 4) is 17.6 Å². The molecule has 0 radical (unpaired) electrons. The fourth-order valence-electron chi connectivity index (χ4n) is 5.73. The second-order valence-electron chi connectivity index (χ2n) is 13.4. The van der Waals surface area contributed by atoms with E-state index in [2.05, 4.69) is 31.0 Å². The third-order valence-corrected chi connectivity index (χ3v) is 8.87. The lowest BCUT2D eigenvalue weighted by Gasteiger charge is -2.29. The lowest BCUT2D eigenvalue weighted by molar-refractivity contribution is -0.172. The molecular formula is C41H61NO10. The van der Waals surface area contributed by atoms with Crippen LogP contribution in [0, 0.1) is 17.8 Å². The largest absolute Gasteiger partial charge is 0.481 e. The van der Waals surface area contributed by atoms with Crippen LogP contribution in [0.4, 0.5) is 0 Å². The molecule has 1 amide bonds. The van der Waals surface area contributed by atoms with Gasteiger partial charge in [-0.25, -0.2) is 9.59 Å². The highest BCUT2D eigenvalue weighted by molar-refractivity contribution is 5.94. The van der Waals surface area contributed by atoms with Crippen molar-refractivity contribution in [2.75, 3.05) is 6.61 Å². The molecule has 1 rings (SSSR count). The van der Waals surface area contributed by atoms with E-state index in [1.54, 1.807) is 24.3 Å². The first kappa shape index (κ1) is 45.9. The summed E-state index contributed by atoms with van der Waals surface area (Å²) >= 11 is 0. The second kappa shape index (κ2) is 27.5. The van der Waals surface area contributed by atoms with E-state index in [1.807, 2.05) is 0 Å². The molecule has 52 heavy (non-hydrogen) atoms. The quantitative estimate of drug-likeness (QED) is 0.0306. The van der Waals surface area contributed by atoms with Crippen molar-refractivity contribution in [2.24, 2.45) is 5.92 Å².